The summed E-state index contributed by atoms with van der Waals surface area (Å²) in [5.41, 5.74) is 5.11. The smallest absolute Gasteiger partial charge is 0.137 e. The molecular weight excluding hydrogens is 583 g/mol. The van der Waals surface area contributed by atoms with Crippen molar-refractivity contribution in [2.24, 2.45) is 0 Å². The zero-order valence-electron chi connectivity index (χ0n) is 23.5. The predicted octanol–water partition coefficient (Wildman–Crippen LogP) is 6.11. The van der Waals surface area contributed by atoms with Gasteiger partial charge in [0.1, 0.15) is 23.4 Å². The van der Waals surface area contributed by atoms with Gasteiger partial charge in [-0.05, 0) is 42.3 Å². The summed E-state index contributed by atoms with van der Waals surface area (Å²) >= 11 is 0. The molecule has 1 atom stereocenters. The predicted molar refractivity (Wildman–Crippen MR) is 171 cm³/mol. The van der Waals surface area contributed by atoms with Gasteiger partial charge >= 0.3 is 0 Å². The number of hydrogen-bond acceptors (Lipinski definition) is 6. The summed E-state index contributed by atoms with van der Waals surface area (Å²) in [6, 6.07) is 26.8. The molecule has 41 heavy (non-hydrogen) atoms. The van der Waals surface area contributed by atoms with E-state index in [1.165, 1.54) is 11.1 Å². The van der Waals surface area contributed by atoms with Crippen LogP contribution in [0.3, 0.4) is 0 Å². The number of aromatic nitrogens is 2. The second-order valence-corrected chi connectivity index (χ2v) is 9.76. The summed E-state index contributed by atoms with van der Waals surface area (Å²) in [5.74, 6) is 2.50. The topological polar surface area (TPSA) is 73.8 Å². The lowest BCUT2D eigenvalue weighted by Crippen LogP contribution is -2.48. The van der Waals surface area contributed by atoms with Gasteiger partial charge in [0.2, 0.25) is 0 Å². The molecule has 1 aliphatic heterocycles. The number of halogens is 3. The SMILES string of the molecule is COc1ccc(C(c2ccc(OC)cc2)N2CCN(CC(O)c3nc(-c4ccccc4)[nH]c3C)CC2)cc1.Cl.Cl.Cl. The average molecular weight is 622 g/mol. The van der Waals surface area contributed by atoms with Crippen LogP contribution >= 0.6 is 37.2 Å². The van der Waals surface area contributed by atoms with Crippen LogP contribution in [0.15, 0.2) is 78.9 Å². The van der Waals surface area contributed by atoms with Crippen LogP contribution in [0, 0.1) is 6.92 Å². The number of β-amino-alcohol motifs (C(OH)–C–C–N with tert-alkyl or cyclic N) is 1. The van der Waals surface area contributed by atoms with Crippen molar-refractivity contribution in [1.82, 2.24) is 19.8 Å². The van der Waals surface area contributed by atoms with Crippen molar-refractivity contribution in [3.63, 3.8) is 0 Å². The molecule has 3 aromatic carbocycles. The normalized spacial score (nSPS) is 14.4. The van der Waals surface area contributed by atoms with E-state index in [1.807, 2.05) is 61.5 Å². The highest BCUT2D eigenvalue weighted by atomic mass is 35.5. The van der Waals surface area contributed by atoms with Crippen LogP contribution in [0.4, 0.5) is 0 Å². The van der Waals surface area contributed by atoms with Crippen LogP contribution < -0.4 is 9.47 Å². The Bertz CT molecular complexity index is 1270. The van der Waals surface area contributed by atoms with Gasteiger partial charge in [-0.2, -0.15) is 0 Å². The lowest BCUT2D eigenvalue weighted by atomic mass is 9.96. The largest absolute Gasteiger partial charge is 0.497 e. The molecule has 0 saturated carbocycles. The lowest BCUT2D eigenvalue weighted by molar-refractivity contribution is 0.0606. The molecule has 0 radical (unpaired) electrons. The minimum Gasteiger partial charge on any atom is -0.497 e. The van der Waals surface area contributed by atoms with Crippen molar-refractivity contribution in [3.8, 4) is 22.9 Å². The summed E-state index contributed by atoms with van der Waals surface area (Å²) in [6.07, 6.45) is -0.644. The zero-order valence-corrected chi connectivity index (χ0v) is 26.0. The summed E-state index contributed by atoms with van der Waals surface area (Å²) in [7, 11) is 3.38. The number of benzene rings is 3. The first-order chi connectivity index (χ1) is 18.6. The molecule has 4 aromatic rings. The summed E-state index contributed by atoms with van der Waals surface area (Å²) in [5, 5.41) is 11.1. The Morgan fingerprint density at radius 3 is 1.78 bits per heavy atom. The fourth-order valence-electron chi connectivity index (χ4n) is 5.25. The van der Waals surface area contributed by atoms with Crippen molar-refractivity contribution in [2.75, 3.05) is 46.9 Å². The Morgan fingerprint density at radius 2 is 1.29 bits per heavy atom. The number of methoxy groups -OCH3 is 2. The highest BCUT2D eigenvalue weighted by molar-refractivity contribution is 5.86. The number of ether oxygens (including phenoxy) is 2. The molecule has 0 amide bonds. The zero-order chi connectivity index (χ0) is 26.5. The maximum Gasteiger partial charge on any atom is 0.137 e. The van der Waals surface area contributed by atoms with Crippen LogP contribution in [0.2, 0.25) is 0 Å². The second kappa shape index (κ2) is 16.0. The molecule has 10 heteroatoms. The molecule has 2 N–H and O–H groups in total. The van der Waals surface area contributed by atoms with Crippen molar-refractivity contribution in [1.29, 1.82) is 0 Å². The number of imidazole rings is 1. The van der Waals surface area contributed by atoms with Crippen molar-refractivity contribution >= 4 is 37.2 Å². The van der Waals surface area contributed by atoms with Gasteiger partial charge in [0.05, 0.1) is 26.0 Å². The molecule has 1 fully saturated rings. The number of nitrogens with zero attached hydrogens (tertiary/aromatic N) is 3. The Hall–Kier alpha value is -2.78. The average Bonchev–Trinajstić information content (AvgIpc) is 3.37. The maximum atomic E-state index is 11.1. The third-order valence-corrected chi connectivity index (χ3v) is 7.35. The van der Waals surface area contributed by atoms with Gasteiger partial charge in [-0.3, -0.25) is 9.80 Å². The van der Waals surface area contributed by atoms with Gasteiger partial charge in [-0.15, -0.1) is 37.2 Å². The van der Waals surface area contributed by atoms with Crippen LogP contribution in [0.5, 0.6) is 11.5 Å². The number of H-pyrrole nitrogens is 1. The molecular formula is C31H39Cl3N4O3. The number of hydrogen-bond donors (Lipinski definition) is 2. The van der Waals surface area contributed by atoms with Crippen molar-refractivity contribution in [2.45, 2.75) is 19.1 Å². The van der Waals surface area contributed by atoms with E-state index >= 15 is 0 Å². The van der Waals surface area contributed by atoms with Crippen molar-refractivity contribution in [3.05, 3.63) is 101 Å². The van der Waals surface area contributed by atoms with Crippen LogP contribution in [0.25, 0.3) is 11.4 Å². The highest BCUT2D eigenvalue weighted by Crippen LogP contribution is 2.32. The molecule has 1 aromatic heterocycles. The molecule has 5 rings (SSSR count). The third-order valence-electron chi connectivity index (χ3n) is 7.35. The first-order valence-corrected chi connectivity index (χ1v) is 13.1. The van der Waals surface area contributed by atoms with Gasteiger partial charge in [0.25, 0.3) is 0 Å². The first kappa shape index (κ1) is 34.4. The monoisotopic (exact) mass is 620 g/mol. The van der Waals surface area contributed by atoms with E-state index in [4.69, 9.17) is 14.5 Å². The molecule has 1 unspecified atom stereocenters. The molecule has 0 bridgehead atoms. The third kappa shape index (κ3) is 8.16. The number of rotatable bonds is 9. The Kier molecular flexibility index (Phi) is 13.4. The van der Waals surface area contributed by atoms with E-state index in [2.05, 4.69) is 39.0 Å². The van der Waals surface area contributed by atoms with E-state index in [0.29, 0.717) is 6.54 Å². The van der Waals surface area contributed by atoms with Gasteiger partial charge < -0.3 is 19.6 Å². The summed E-state index contributed by atoms with van der Waals surface area (Å²) in [6.45, 7) is 6.06. The molecule has 1 saturated heterocycles. The molecule has 222 valence electrons. The first-order valence-electron chi connectivity index (χ1n) is 13.1. The second-order valence-electron chi connectivity index (χ2n) is 9.76. The number of aliphatic hydroxyl groups excluding tert-OH is 1. The fraction of sp³-hybridized carbons (Fsp3) is 0.323. The summed E-state index contributed by atoms with van der Waals surface area (Å²) < 4.78 is 10.8. The van der Waals surface area contributed by atoms with Crippen LogP contribution in [-0.2, 0) is 0 Å². The number of aryl methyl sites for hydroxylation is 1. The van der Waals surface area contributed by atoms with Gasteiger partial charge in [0.15, 0.2) is 0 Å². The quantitative estimate of drug-likeness (QED) is 0.235. The highest BCUT2D eigenvalue weighted by Gasteiger charge is 2.28. The van der Waals surface area contributed by atoms with Gasteiger partial charge in [-0.1, -0.05) is 54.6 Å². The van der Waals surface area contributed by atoms with Crippen LogP contribution in [-0.4, -0.2) is 71.8 Å². The summed E-state index contributed by atoms with van der Waals surface area (Å²) in [4.78, 5) is 12.9. The maximum absolute atomic E-state index is 11.1. The Labute approximate surface area is 261 Å². The number of piperazine rings is 1. The molecule has 7 nitrogen and oxygen atoms in total. The van der Waals surface area contributed by atoms with E-state index in [-0.39, 0.29) is 43.3 Å². The van der Waals surface area contributed by atoms with Gasteiger partial charge in [0, 0.05) is 44.0 Å². The fourth-order valence-corrected chi connectivity index (χ4v) is 5.25. The standard InChI is InChI=1S/C31H36N4O3.3ClH/c1-22-29(33-31(32-22)25-7-5-4-6-8-25)28(36)21-34-17-19-35(20-18-34)30(23-9-13-26(37-2)14-10-23)24-11-15-27(38-3)16-12-24;;;/h4-16,28,30,36H,17-21H2,1-3H3,(H,32,33);3*1H. The number of aromatic amines is 1. The minimum atomic E-state index is -0.644. The molecule has 0 aliphatic carbocycles. The van der Waals surface area contributed by atoms with E-state index in [1.54, 1.807) is 14.2 Å². The number of aliphatic hydroxyl groups is 1. The van der Waals surface area contributed by atoms with Gasteiger partial charge in [-0.25, -0.2) is 4.98 Å². The molecule has 0 spiro atoms. The molecule has 1 aliphatic rings. The van der Waals surface area contributed by atoms with Crippen LogP contribution in [0.1, 0.15) is 34.7 Å². The Balaban J connectivity index is 0.00000196. The van der Waals surface area contributed by atoms with E-state index in [0.717, 1.165) is 60.5 Å². The van der Waals surface area contributed by atoms with E-state index in [9.17, 15) is 5.11 Å². The van der Waals surface area contributed by atoms with E-state index < -0.39 is 6.10 Å². The minimum absolute atomic E-state index is 0. The molecule has 2 heterocycles. The lowest BCUT2D eigenvalue weighted by Gasteiger charge is -2.40. The Morgan fingerprint density at radius 1 is 0.780 bits per heavy atom. The van der Waals surface area contributed by atoms with Crippen molar-refractivity contribution < 1.29 is 14.6 Å². The number of nitrogens with one attached hydrogen (secondary N) is 1.